The van der Waals surface area contributed by atoms with Crippen molar-refractivity contribution in [3.05, 3.63) is 29.4 Å². The van der Waals surface area contributed by atoms with E-state index in [9.17, 15) is 4.79 Å². The molecule has 0 fully saturated rings. The fourth-order valence-corrected chi connectivity index (χ4v) is 2.34. The van der Waals surface area contributed by atoms with Crippen LogP contribution >= 0.6 is 0 Å². The Hall–Kier alpha value is -2.18. The Morgan fingerprint density at radius 1 is 1.63 bits per heavy atom. The molecule has 0 aliphatic heterocycles. The van der Waals surface area contributed by atoms with Crippen LogP contribution in [0.15, 0.2) is 10.9 Å². The summed E-state index contributed by atoms with van der Waals surface area (Å²) in [7, 11) is 0. The Bertz CT molecular complexity index is 588. The Morgan fingerprint density at radius 2 is 2.53 bits per heavy atom. The second-order valence-corrected chi connectivity index (χ2v) is 4.72. The summed E-state index contributed by atoms with van der Waals surface area (Å²) in [6, 6.07) is 0. The van der Waals surface area contributed by atoms with Crippen LogP contribution in [-0.2, 0) is 24.2 Å². The normalized spacial score (nSPS) is 18.1. The molecule has 2 N–H and O–H groups in total. The van der Waals surface area contributed by atoms with Crippen molar-refractivity contribution >= 4 is 5.91 Å². The number of aromatic nitrogens is 4. The van der Waals surface area contributed by atoms with E-state index >= 15 is 0 Å². The number of nitrogens with one attached hydrogen (secondary N) is 2. The lowest BCUT2D eigenvalue weighted by Crippen LogP contribution is -2.33. The van der Waals surface area contributed by atoms with E-state index in [1.807, 2.05) is 0 Å². The van der Waals surface area contributed by atoms with E-state index in [-0.39, 0.29) is 18.4 Å². The van der Waals surface area contributed by atoms with Crippen LogP contribution in [0.4, 0.5) is 0 Å². The number of H-pyrrole nitrogens is 1. The number of aromatic amines is 1. The van der Waals surface area contributed by atoms with E-state index in [0.717, 1.165) is 24.2 Å². The molecular weight excluding hydrogens is 246 g/mol. The Balaban J connectivity index is 1.57. The monoisotopic (exact) mass is 261 g/mol. The Labute approximate surface area is 109 Å². The van der Waals surface area contributed by atoms with E-state index in [4.69, 9.17) is 4.52 Å². The van der Waals surface area contributed by atoms with Gasteiger partial charge in [-0.05, 0) is 19.8 Å². The predicted molar refractivity (Wildman–Crippen MR) is 65.0 cm³/mol. The number of amides is 1. The van der Waals surface area contributed by atoms with Crippen molar-refractivity contribution in [3.8, 4) is 0 Å². The molecule has 0 bridgehead atoms. The summed E-state index contributed by atoms with van der Waals surface area (Å²) in [5.41, 5.74) is 2.15. The van der Waals surface area contributed by atoms with Gasteiger partial charge in [0.05, 0.1) is 18.6 Å². The van der Waals surface area contributed by atoms with Crippen LogP contribution in [0.1, 0.15) is 29.5 Å². The molecule has 3 rings (SSSR count). The maximum Gasteiger partial charge on any atom is 0.246 e. The van der Waals surface area contributed by atoms with Gasteiger partial charge in [-0.3, -0.25) is 4.79 Å². The highest BCUT2D eigenvalue weighted by molar-refractivity contribution is 5.79. The molecular formula is C12H15N5O2. The number of fused-ring (bicyclic) bond motifs is 1. The average Bonchev–Trinajstić information content (AvgIpc) is 3.03. The molecule has 100 valence electrons. The molecule has 0 saturated carbocycles. The summed E-state index contributed by atoms with van der Waals surface area (Å²) in [5.74, 6) is 1.01. The van der Waals surface area contributed by atoms with Crippen LogP contribution in [0, 0.1) is 12.8 Å². The lowest BCUT2D eigenvalue weighted by atomic mass is 9.89. The van der Waals surface area contributed by atoms with Gasteiger partial charge >= 0.3 is 0 Å². The molecule has 0 saturated heterocycles. The molecule has 0 aromatic carbocycles. The summed E-state index contributed by atoms with van der Waals surface area (Å²) >= 11 is 0. The zero-order chi connectivity index (χ0) is 13.2. The van der Waals surface area contributed by atoms with Crippen molar-refractivity contribution in [1.29, 1.82) is 0 Å². The zero-order valence-corrected chi connectivity index (χ0v) is 10.6. The van der Waals surface area contributed by atoms with Crippen molar-refractivity contribution < 1.29 is 9.32 Å². The highest BCUT2D eigenvalue weighted by atomic mass is 16.5. The molecule has 2 aromatic rings. The average molecular weight is 261 g/mol. The number of imidazole rings is 1. The largest absolute Gasteiger partial charge is 0.348 e. The first-order chi connectivity index (χ1) is 9.22. The minimum absolute atomic E-state index is 0.0167. The lowest BCUT2D eigenvalue weighted by Gasteiger charge is -2.20. The maximum absolute atomic E-state index is 12.1. The summed E-state index contributed by atoms with van der Waals surface area (Å²) in [5, 5.41) is 6.51. The first-order valence-corrected chi connectivity index (χ1v) is 6.30. The van der Waals surface area contributed by atoms with E-state index < -0.39 is 0 Å². The van der Waals surface area contributed by atoms with Gasteiger partial charge in [-0.15, -0.1) is 0 Å². The van der Waals surface area contributed by atoms with E-state index in [1.54, 1.807) is 13.3 Å². The molecule has 1 amide bonds. The van der Waals surface area contributed by atoms with Crippen molar-refractivity contribution in [2.45, 2.75) is 32.7 Å². The number of nitrogens with zero attached hydrogens (tertiary/aromatic N) is 3. The summed E-state index contributed by atoms with van der Waals surface area (Å²) in [6.45, 7) is 2.03. The SMILES string of the molecule is Cc1noc(CNC(=O)[C@H]2CCc3nc[nH]c3C2)n1. The smallest absolute Gasteiger partial charge is 0.246 e. The van der Waals surface area contributed by atoms with Crippen LogP contribution < -0.4 is 5.32 Å². The number of aryl methyl sites for hydroxylation is 2. The molecule has 7 heteroatoms. The standard InChI is InChI=1S/C12H15N5O2/c1-7-16-11(19-17-7)5-13-12(18)8-2-3-9-10(4-8)15-6-14-9/h6,8H,2-5H2,1H3,(H,13,18)(H,14,15)/t8-/m0/s1. The van der Waals surface area contributed by atoms with Crippen molar-refractivity contribution in [2.75, 3.05) is 0 Å². The fourth-order valence-electron chi connectivity index (χ4n) is 2.34. The van der Waals surface area contributed by atoms with Gasteiger partial charge in [0.25, 0.3) is 0 Å². The van der Waals surface area contributed by atoms with Gasteiger partial charge in [-0.1, -0.05) is 5.16 Å². The summed E-state index contributed by atoms with van der Waals surface area (Å²) in [6.07, 6.45) is 4.07. The summed E-state index contributed by atoms with van der Waals surface area (Å²) in [4.78, 5) is 23.4. The van der Waals surface area contributed by atoms with Crippen LogP contribution in [0.5, 0.6) is 0 Å². The molecule has 1 aliphatic rings. The van der Waals surface area contributed by atoms with Gasteiger partial charge in [0.1, 0.15) is 0 Å². The van der Waals surface area contributed by atoms with E-state index in [0.29, 0.717) is 18.1 Å². The predicted octanol–water partition coefficient (Wildman–Crippen LogP) is 0.522. The van der Waals surface area contributed by atoms with Crippen LogP contribution in [0.25, 0.3) is 0 Å². The van der Waals surface area contributed by atoms with Gasteiger partial charge < -0.3 is 14.8 Å². The topological polar surface area (TPSA) is 96.7 Å². The number of rotatable bonds is 3. The van der Waals surface area contributed by atoms with Gasteiger partial charge in [0.2, 0.25) is 11.8 Å². The number of carbonyl (C=O) groups excluding carboxylic acids is 1. The van der Waals surface area contributed by atoms with Gasteiger partial charge in [-0.2, -0.15) is 4.98 Å². The van der Waals surface area contributed by atoms with Crippen LogP contribution in [0.2, 0.25) is 0 Å². The molecule has 0 unspecified atom stereocenters. The van der Waals surface area contributed by atoms with Gasteiger partial charge in [-0.25, -0.2) is 4.98 Å². The second-order valence-electron chi connectivity index (χ2n) is 4.72. The second kappa shape index (κ2) is 4.83. The Morgan fingerprint density at radius 3 is 3.32 bits per heavy atom. The molecule has 0 spiro atoms. The van der Waals surface area contributed by atoms with Crippen LogP contribution in [0.3, 0.4) is 0 Å². The molecule has 0 radical (unpaired) electrons. The highest BCUT2D eigenvalue weighted by Gasteiger charge is 2.26. The van der Waals surface area contributed by atoms with Crippen LogP contribution in [-0.4, -0.2) is 26.0 Å². The zero-order valence-electron chi connectivity index (χ0n) is 10.6. The molecule has 7 nitrogen and oxygen atoms in total. The molecule has 1 aliphatic carbocycles. The van der Waals surface area contributed by atoms with E-state index in [1.165, 1.54) is 0 Å². The number of hydrogen-bond donors (Lipinski definition) is 2. The molecule has 19 heavy (non-hydrogen) atoms. The third-order valence-electron chi connectivity index (χ3n) is 3.34. The quantitative estimate of drug-likeness (QED) is 0.839. The summed E-state index contributed by atoms with van der Waals surface area (Å²) < 4.78 is 4.95. The third-order valence-corrected chi connectivity index (χ3v) is 3.34. The first-order valence-electron chi connectivity index (χ1n) is 6.30. The molecule has 2 aromatic heterocycles. The highest BCUT2D eigenvalue weighted by Crippen LogP contribution is 2.22. The van der Waals surface area contributed by atoms with Crippen molar-refractivity contribution in [2.24, 2.45) is 5.92 Å². The van der Waals surface area contributed by atoms with Gasteiger partial charge in [0.15, 0.2) is 5.82 Å². The maximum atomic E-state index is 12.1. The van der Waals surface area contributed by atoms with Crippen molar-refractivity contribution in [3.63, 3.8) is 0 Å². The lowest BCUT2D eigenvalue weighted by molar-refractivity contribution is -0.125. The minimum Gasteiger partial charge on any atom is -0.348 e. The minimum atomic E-state index is -0.0167. The number of hydrogen-bond acceptors (Lipinski definition) is 5. The fraction of sp³-hybridized carbons (Fsp3) is 0.500. The number of carbonyl (C=O) groups is 1. The first kappa shape index (κ1) is 11.9. The van der Waals surface area contributed by atoms with E-state index in [2.05, 4.69) is 25.4 Å². The third kappa shape index (κ3) is 2.49. The Kier molecular flexibility index (Phi) is 3.02. The van der Waals surface area contributed by atoms with Crippen molar-refractivity contribution in [1.82, 2.24) is 25.4 Å². The molecule has 1 atom stereocenters. The van der Waals surface area contributed by atoms with Gasteiger partial charge in [0, 0.05) is 18.0 Å². The molecule has 2 heterocycles.